The second kappa shape index (κ2) is 5.48. The topological polar surface area (TPSA) is 24.5 Å². The summed E-state index contributed by atoms with van der Waals surface area (Å²) in [4.78, 5) is 2.28. The fourth-order valence-corrected chi connectivity index (χ4v) is 2.35. The quantitative estimate of drug-likeness (QED) is 0.793. The van der Waals surface area contributed by atoms with Crippen molar-refractivity contribution in [1.29, 1.82) is 0 Å². The van der Waals surface area contributed by atoms with Gasteiger partial charge < -0.3 is 15.0 Å². The Labute approximate surface area is 101 Å². The van der Waals surface area contributed by atoms with Crippen LogP contribution in [0.5, 0.6) is 0 Å². The van der Waals surface area contributed by atoms with Crippen molar-refractivity contribution in [1.82, 2.24) is 10.2 Å². The largest absolute Gasteiger partial charge is 0.381 e. The van der Waals surface area contributed by atoms with Gasteiger partial charge in [0.1, 0.15) is 0 Å². The molecule has 96 valence electrons. The maximum absolute atomic E-state index is 5.68. The summed E-state index contributed by atoms with van der Waals surface area (Å²) < 4.78 is 5.68. The molecule has 0 aromatic rings. The van der Waals surface area contributed by atoms with Crippen molar-refractivity contribution in [3.63, 3.8) is 0 Å². The zero-order chi connectivity index (χ0) is 12.2. The Morgan fingerprint density at radius 3 is 2.44 bits per heavy atom. The fourth-order valence-electron chi connectivity index (χ4n) is 2.35. The highest BCUT2D eigenvalue weighted by molar-refractivity contribution is 4.88. The van der Waals surface area contributed by atoms with Crippen molar-refractivity contribution in [2.75, 3.05) is 40.4 Å². The second-order valence-corrected chi connectivity index (χ2v) is 6.50. The van der Waals surface area contributed by atoms with Crippen LogP contribution < -0.4 is 5.32 Å². The van der Waals surface area contributed by atoms with Gasteiger partial charge in [-0.2, -0.15) is 0 Å². The number of ether oxygens (including phenoxy) is 1. The molecule has 1 rings (SSSR count). The Kier molecular flexibility index (Phi) is 4.77. The predicted molar refractivity (Wildman–Crippen MR) is 68.8 cm³/mol. The highest BCUT2D eigenvalue weighted by atomic mass is 16.5. The van der Waals surface area contributed by atoms with Gasteiger partial charge in [-0.15, -0.1) is 0 Å². The molecule has 3 nitrogen and oxygen atoms in total. The van der Waals surface area contributed by atoms with Crippen LogP contribution in [0.4, 0.5) is 0 Å². The van der Waals surface area contributed by atoms with Crippen LogP contribution in [0.15, 0.2) is 0 Å². The van der Waals surface area contributed by atoms with Crippen LogP contribution in [-0.4, -0.2) is 50.8 Å². The lowest BCUT2D eigenvalue weighted by Gasteiger charge is -2.41. The molecule has 1 aliphatic rings. The molecular formula is C13H28N2O. The summed E-state index contributed by atoms with van der Waals surface area (Å²) in [5.41, 5.74) is 0.492. The average molecular weight is 228 g/mol. The molecule has 1 saturated heterocycles. The minimum absolute atomic E-state index is 0.191. The van der Waals surface area contributed by atoms with E-state index in [1.165, 1.54) is 12.8 Å². The lowest BCUT2D eigenvalue weighted by molar-refractivity contribution is -0.0223. The van der Waals surface area contributed by atoms with Crippen molar-refractivity contribution >= 4 is 0 Å². The molecule has 3 heteroatoms. The van der Waals surface area contributed by atoms with Gasteiger partial charge >= 0.3 is 0 Å². The van der Waals surface area contributed by atoms with E-state index in [1.807, 2.05) is 0 Å². The summed E-state index contributed by atoms with van der Waals surface area (Å²) >= 11 is 0. The summed E-state index contributed by atoms with van der Waals surface area (Å²) in [7, 11) is 4.29. The van der Waals surface area contributed by atoms with Gasteiger partial charge in [-0.25, -0.2) is 0 Å². The van der Waals surface area contributed by atoms with Gasteiger partial charge in [0.05, 0.1) is 6.61 Å². The molecule has 16 heavy (non-hydrogen) atoms. The van der Waals surface area contributed by atoms with Crippen LogP contribution >= 0.6 is 0 Å². The van der Waals surface area contributed by atoms with E-state index in [2.05, 4.69) is 45.1 Å². The molecular weight excluding hydrogens is 200 g/mol. The molecule has 0 radical (unpaired) electrons. The average Bonchev–Trinajstić information content (AvgIpc) is 2.14. The first kappa shape index (κ1) is 13.9. The molecule has 1 atom stereocenters. The third-order valence-corrected chi connectivity index (χ3v) is 3.05. The Bertz CT molecular complexity index is 202. The van der Waals surface area contributed by atoms with Crippen molar-refractivity contribution in [2.24, 2.45) is 5.41 Å². The van der Waals surface area contributed by atoms with Crippen molar-refractivity contribution in [2.45, 2.75) is 39.2 Å². The first-order chi connectivity index (χ1) is 7.33. The summed E-state index contributed by atoms with van der Waals surface area (Å²) in [6, 6.07) is 0. The van der Waals surface area contributed by atoms with Gasteiger partial charge in [-0.3, -0.25) is 0 Å². The van der Waals surface area contributed by atoms with E-state index in [9.17, 15) is 0 Å². The van der Waals surface area contributed by atoms with Gasteiger partial charge in [0.2, 0.25) is 0 Å². The van der Waals surface area contributed by atoms with E-state index in [1.54, 1.807) is 0 Å². The van der Waals surface area contributed by atoms with Crippen LogP contribution in [0.3, 0.4) is 0 Å². The Hall–Kier alpha value is -0.120. The number of nitrogens with zero attached hydrogens (tertiary/aromatic N) is 1. The van der Waals surface area contributed by atoms with Gasteiger partial charge in [0.25, 0.3) is 0 Å². The number of nitrogens with one attached hydrogen (secondary N) is 1. The van der Waals surface area contributed by atoms with E-state index in [-0.39, 0.29) is 5.54 Å². The molecule has 0 aromatic heterocycles. The Morgan fingerprint density at radius 2 is 2.00 bits per heavy atom. The molecule has 1 aliphatic heterocycles. The first-order valence-electron chi connectivity index (χ1n) is 6.31. The number of hydrogen-bond acceptors (Lipinski definition) is 3. The Balaban J connectivity index is 2.55. The van der Waals surface area contributed by atoms with Gasteiger partial charge in [0, 0.05) is 30.7 Å². The van der Waals surface area contributed by atoms with Crippen LogP contribution in [-0.2, 0) is 4.74 Å². The summed E-state index contributed by atoms with van der Waals surface area (Å²) in [6.45, 7) is 10.7. The molecule has 1 fully saturated rings. The molecule has 0 amide bonds. The maximum Gasteiger partial charge on any atom is 0.0546 e. The van der Waals surface area contributed by atoms with Crippen LogP contribution in [0, 0.1) is 5.41 Å². The third-order valence-electron chi connectivity index (χ3n) is 3.05. The molecule has 0 aromatic carbocycles. The molecule has 0 aliphatic carbocycles. The van der Waals surface area contributed by atoms with Crippen LogP contribution in [0.25, 0.3) is 0 Å². The van der Waals surface area contributed by atoms with E-state index in [0.29, 0.717) is 5.41 Å². The van der Waals surface area contributed by atoms with Crippen molar-refractivity contribution in [3.05, 3.63) is 0 Å². The monoisotopic (exact) mass is 228 g/mol. The third kappa shape index (κ3) is 4.81. The van der Waals surface area contributed by atoms with E-state index in [4.69, 9.17) is 4.74 Å². The maximum atomic E-state index is 5.68. The second-order valence-electron chi connectivity index (χ2n) is 6.50. The molecule has 1 unspecified atom stereocenters. The highest BCUT2D eigenvalue weighted by Gasteiger charge is 2.34. The lowest BCUT2D eigenvalue weighted by Crippen LogP contribution is -2.51. The highest BCUT2D eigenvalue weighted by Crippen LogP contribution is 2.29. The zero-order valence-electron chi connectivity index (χ0n) is 11.6. The number of rotatable bonds is 4. The van der Waals surface area contributed by atoms with E-state index >= 15 is 0 Å². The van der Waals surface area contributed by atoms with E-state index in [0.717, 1.165) is 26.3 Å². The summed E-state index contributed by atoms with van der Waals surface area (Å²) in [6.07, 6.45) is 2.47. The van der Waals surface area contributed by atoms with Gasteiger partial charge in [0.15, 0.2) is 0 Å². The van der Waals surface area contributed by atoms with E-state index < -0.39 is 0 Å². The molecule has 1 heterocycles. The van der Waals surface area contributed by atoms with Gasteiger partial charge in [-0.1, -0.05) is 0 Å². The predicted octanol–water partition coefficient (Wildman–Crippen LogP) is 1.73. The zero-order valence-corrected chi connectivity index (χ0v) is 11.6. The standard InChI is InChI=1S/C13H28N2O/c1-12(2,3)14-9-13(10-15(4)5)7-6-8-16-11-13/h14H,6-11H2,1-5H3. The normalized spacial score (nSPS) is 27.4. The molecule has 0 spiro atoms. The van der Waals surface area contributed by atoms with Crippen LogP contribution in [0.2, 0.25) is 0 Å². The van der Waals surface area contributed by atoms with Crippen molar-refractivity contribution < 1.29 is 4.74 Å². The fraction of sp³-hybridized carbons (Fsp3) is 1.00. The summed E-state index contributed by atoms with van der Waals surface area (Å²) in [5.74, 6) is 0. The van der Waals surface area contributed by atoms with Gasteiger partial charge in [-0.05, 0) is 47.7 Å². The first-order valence-corrected chi connectivity index (χ1v) is 6.31. The number of hydrogen-bond donors (Lipinski definition) is 1. The molecule has 1 N–H and O–H groups in total. The van der Waals surface area contributed by atoms with Crippen molar-refractivity contribution in [3.8, 4) is 0 Å². The van der Waals surface area contributed by atoms with Crippen LogP contribution in [0.1, 0.15) is 33.6 Å². The Morgan fingerprint density at radius 1 is 1.31 bits per heavy atom. The SMILES string of the molecule is CN(C)CC1(CNC(C)(C)C)CCCOC1. The summed E-state index contributed by atoms with van der Waals surface area (Å²) in [5, 5.41) is 3.63. The molecule has 0 bridgehead atoms. The minimum atomic E-state index is 0.191. The minimum Gasteiger partial charge on any atom is -0.381 e. The molecule has 0 saturated carbocycles. The smallest absolute Gasteiger partial charge is 0.0546 e. The lowest BCUT2D eigenvalue weighted by atomic mass is 9.81.